The molecule has 0 aliphatic heterocycles. The number of rotatable bonds is 4. The van der Waals surface area contributed by atoms with Crippen LogP contribution in [0.2, 0.25) is 0 Å². The lowest BCUT2D eigenvalue weighted by atomic mass is 10.2. The Bertz CT molecular complexity index is 759. The fraction of sp³-hybridized carbons (Fsp3) is 0. The van der Waals surface area contributed by atoms with Crippen molar-refractivity contribution in [2.75, 3.05) is 5.32 Å². The lowest BCUT2D eigenvalue weighted by Crippen LogP contribution is -2.08. The molecule has 0 aliphatic rings. The van der Waals surface area contributed by atoms with E-state index in [4.69, 9.17) is 0 Å². The van der Waals surface area contributed by atoms with Gasteiger partial charge in [-0.2, -0.15) is 0 Å². The number of phenolic OH excluding ortho intramolecular Hbond substituents is 1. The maximum absolute atomic E-state index is 13.0. The summed E-state index contributed by atoms with van der Waals surface area (Å²) in [5, 5.41) is 22.5. The molecule has 0 heterocycles. The number of hydrogen-bond donors (Lipinski definition) is 2. The second-order valence-electron chi connectivity index (χ2n) is 4.34. The Balaban J connectivity index is 2.12. The summed E-state index contributed by atoms with van der Waals surface area (Å²) in [6.45, 7) is 0. The highest BCUT2D eigenvalue weighted by Crippen LogP contribution is 2.27. The molecule has 7 heteroatoms. The molecule has 112 valence electrons. The van der Waals surface area contributed by atoms with E-state index < -0.39 is 16.6 Å². The van der Waals surface area contributed by atoms with Crippen molar-refractivity contribution in [1.29, 1.82) is 0 Å². The average Bonchev–Trinajstić information content (AvgIpc) is 2.47. The van der Waals surface area contributed by atoms with Crippen molar-refractivity contribution in [3.8, 4) is 5.75 Å². The Labute approximate surface area is 124 Å². The van der Waals surface area contributed by atoms with E-state index in [0.29, 0.717) is 5.56 Å². The number of amides is 1. The number of phenols is 1. The van der Waals surface area contributed by atoms with Gasteiger partial charge in [0.25, 0.3) is 5.69 Å². The summed E-state index contributed by atoms with van der Waals surface area (Å²) in [6.07, 6.45) is 2.51. The van der Waals surface area contributed by atoms with Gasteiger partial charge in [0, 0.05) is 18.2 Å². The fourth-order valence-electron chi connectivity index (χ4n) is 1.69. The highest BCUT2D eigenvalue weighted by atomic mass is 19.1. The molecule has 2 aromatic carbocycles. The van der Waals surface area contributed by atoms with E-state index in [1.54, 1.807) is 6.07 Å². The van der Waals surface area contributed by atoms with E-state index in [0.717, 1.165) is 24.3 Å². The Kier molecular flexibility index (Phi) is 4.47. The largest absolute Gasteiger partial charge is 0.506 e. The van der Waals surface area contributed by atoms with Crippen molar-refractivity contribution < 1.29 is 19.2 Å². The van der Waals surface area contributed by atoms with Gasteiger partial charge in [0.05, 0.1) is 10.6 Å². The topological polar surface area (TPSA) is 92.5 Å². The summed E-state index contributed by atoms with van der Waals surface area (Å²) >= 11 is 0. The fourth-order valence-corrected chi connectivity index (χ4v) is 1.69. The number of carbonyl (C=O) groups excluding carboxylic acids is 1. The number of anilines is 1. The molecule has 0 spiro atoms. The van der Waals surface area contributed by atoms with Crippen LogP contribution in [0.4, 0.5) is 15.8 Å². The third-order valence-electron chi connectivity index (χ3n) is 2.72. The van der Waals surface area contributed by atoms with Gasteiger partial charge in [0.1, 0.15) is 11.6 Å². The van der Waals surface area contributed by atoms with Crippen LogP contribution < -0.4 is 5.32 Å². The average molecular weight is 302 g/mol. The summed E-state index contributed by atoms with van der Waals surface area (Å²) in [7, 11) is 0. The molecule has 2 N–H and O–H groups in total. The van der Waals surface area contributed by atoms with Crippen LogP contribution in [0.25, 0.3) is 6.08 Å². The number of nitrogens with zero attached hydrogens (tertiary/aromatic N) is 1. The van der Waals surface area contributed by atoms with Crippen molar-refractivity contribution in [3.63, 3.8) is 0 Å². The van der Waals surface area contributed by atoms with Gasteiger partial charge in [-0.15, -0.1) is 0 Å². The molecule has 0 aliphatic carbocycles. The van der Waals surface area contributed by atoms with Gasteiger partial charge in [-0.05, 0) is 29.8 Å². The predicted molar refractivity (Wildman–Crippen MR) is 78.8 cm³/mol. The number of aromatic hydroxyl groups is 1. The Morgan fingerprint density at radius 1 is 1.27 bits per heavy atom. The zero-order valence-electron chi connectivity index (χ0n) is 11.2. The van der Waals surface area contributed by atoms with Crippen molar-refractivity contribution in [1.82, 2.24) is 0 Å². The number of nitrogens with one attached hydrogen (secondary N) is 1. The van der Waals surface area contributed by atoms with Crippen molar-refractivity contribution >= 4 is 23.4 Å². The quantitative estimate of drug-likeness (QED) is 0.393. The highest BCUT2D eigenvalue weighted by Gasteiger charge is 2.11. The molecule has 22 heavy (non-hydrogen) atoms. The first-order chi connectivity index (χ1) is 10.5. The normalized spacial score (nSPS) is 10.6. The molecule has 2 rings (SSSR count). The third-order valence-corrected chi connectivity index (χ3v) is 2.72. The van der Waals surface area contributed by atoms with E-state index in [2.05, 4.69) is 5.32 Å². The summed E-state index contributed by atoms with van der Waals surface area (Å²) in [5.41, 5.74) is 0.142. The van der Waals surface area contributed by atoms with Gasteiger partial charge in [-0.1, -0.05) is 12.1 Å². The van der Waals surface area contributed by atoms with Crippen molar-refractivity contribution in [2.24, 2.45) is 0 Å². The first-order valence-electron chi connectivity index (χ1n) is 6.18. The zero-order valence-corrected chi connectivity index (χ0v) is 11.2. The molecule has 0 atom stereocenters. The summed E-state index contributed by atoms with van der Waals surface area (Å²) < 4.78 is 13.0. The zero-order chi connectivity index (χ0) is 16.1. The second kappa shape index (κ2) is 6.49. The van der Waals surface area contributed by atoms with E-state index in [9.17, 15) is 24.4 Å². The number of benzene rings is 2. The van der Waals surface area contributed by atoms with Gasteiger partial charge in [-0.25, -0.2) is 4.39 Å². The Morgan fingerprint density at radius 2 is 2.05 bits per heavy atom. The molecule has 0 fully saturated rings. The molecule has 0 saturated carbocycles. The van der Waals surface area contributed by atoms with Gasteiger partial charge < -0.3 is 10.4 Å². The summed E-state index contributed by atoms with van der Waals surface area (Å²) in [4.78, 5) is 21.7. The van der Waals surface area contributed by atoms with Crippen LogP contribution in [-0.2, 0) is 4.79 Å². The SMILES string of the molecule is O=C(/C=C/c1cccc(F)c1)Nc1cc([N+](=O)[O-])ccc1O. The van der Waals surface area contributed by atoms with Crippen LogP contribution in [0.5, 0.6) is 5.75 Å². The maximum atomic E-state index is 13.0. The maximum Gasteiger partial charge on any atom is 0.271 e. The monoisotopic (exact) mass is 302 g/mol. The first kappa shape index (κ1) is 15.2. The minimum atomic E-state index is -0.641. The minimum Gasteiger partial charge on any atom is -0.506 e. The number of nitro benzene ring substituents is 1. The smallest absolute Gasteiger partial charge is 0.271 e. The second-order valence-corrected chi connectivity index (χ2v) is 4.34. The van der Waals surface area contributed by atoms with E-state index in [1.165, 1.54) is 24.3 Å². The lowest BCUT2D eigenvalue weighted by Gasteiger charge is -2.04. The number of non-ortho nitro benzene ring substituents is 1. The van der Waals surface area contributed by atoms with E-state index in [-0.39, 0.29) is 17.1 Å². The molecule has 0 unspecified atom stereocenters. The van der Waals surface area contributed by atoms with Crippen LogP contribution in [-0.4, -0.2) is 15.9 Å². The van der Waals surface area contributed by atoms with Crippen LogP contribution in [0, 0.1) is 15.9 Å². The molecule has 0 saturated heterocycles. The first-order valence-corrected chi connectivity index (χ1v) is 6.18. The molecule has 6 nitrogen and oxygen atoms in total. The van der Waals surface area contributed by atoms with Crippen LogP contribution in [0.15, 0.2) is 48.5 Å². The predicted octanol–water partition coefficient (Wildman–Crippen LogP) is 3.09. The van der Waals surface area contributed by atoms with Crippen LogP contribution >= 0.6 is 0 Å². The molecule has 0 radical (unpaired) electrons. The molecule has 0 bridgehead atoms. The molecular formula is C15H11FN2O4. The number of hydrogen-bond acceptors (Lipinski definition) is 4. The lowest BCUT2D eigenvalue weighted by molar-refractivity contribution is -0.384. The molecule has 0 aromatic heterocycles. The van der Waals surface area contributed by atoms with E-state index >= 15 is 0 Å². The van der Waals surface area contributed by atoms with Crippen LogP contribution in [0.3, 0.4) is 0 Å². The molecule has 2 aromatic rings. The van der Waals surface area contributed by atoms with Crippen molar-refractivity contribution in [2.45, 2.75) is 0 Å². The third kappa shape index (κ3) is 3.89. The number of halogens is 1. The number of carbonyl (C=O) groups is 1. The summed E-state index contributed by atoms with van der Waals surface area (Å²) in [6, 6.07) is 8.91. The van der Waals surface area contributed by atoms with Gasteiger partial charge in [-0.3, -0.25) is 14.9 Å². The number of nitro groups is 1. The molecule has 1 amide bonds. The Hall–Kier alpha value is -3.22. The Morgan fingerprint density at radius 3 is 2.73 bits per heavy atom. The highest BCUT2D eigenvalue weighted by molar-refractivity contribution is 6.02. The minimum absolute atomic E-state index is 0.0805. The van der Waals surface area contributed by atoms with Gasteiger partial charge in [0.15, 0.2) is 0 Å². The van der Waals surface area contributed by atoms with E-state index in [1.807, 2.05) is 0 Å². The van der Waals surface area contributed by atoms with Crippen LogP contribution in [0.1, 0.15) is 5.56 Å². The molecular weight excluding hydrogens is 291 g/mol. The van der Waals surface area contributed by atoms with Crippen molar-refractivity contribution in [3.05, 3.63) is 70.0 Å². The summed E-state index contributed by atoms with van der Waals surface area (Å²) in [5.74, 6) is -1.34. The standard InChI is InChI=1S/C15H11FN2O4/c16-11-3-1-2-10(8-11)4-7-15(20)17-13-9-12(18(21)22)5-6-14(13)19/h1-9,19H,(H,17,20)/b7-4+. The van der Waals surface area contributed by atoms with Gasteiger partial charge >= 0.3 is 0 Å². The van der Waals surface area contributed by atoms with Gasteiger partial charge in [0.2, 0.25) is 5.91 Å².